The zero-order chi connectivity index (χ0) is 15.2. The highest BCUT2D eigenvalue weighted by molar-refractivity contribution is 6.43. The summed E-state index contributed by atoms with van der Waals surface area (Å²) in [5, 5.41) is 0. The lowest BCUT2D eigenvalue weighted by Crippen LogP contribution is -2.16. The zero-order valence-electron chi connectivity index (χ0n) is 11.7. The number of methoxy groups -OCH3 is 2. The van der Waals surface area contributed by atoms with Gasteiger partial charge in [0.05, 0.1) is 19.9 Å². The summed E-state index contributed by atoms with van der Waals surface area (Å²) in [7, 11) is 2.84. The molecule has 0 N–H and O–H groups in total. The van der Waals surface area contributed by atoms with Crippen molar-refractivity contribution in [1.82, 2.24) is 0 Å². The molecule has 0 bridgehead atoms. The van der Waals surface area contributed by atoms with Crippen LogP contribution in [0.4, 0.5) is 10.1 Å². The van der Waals surface area contributed by atoms with Gasteiger partial charge >= 0.3 is 5.97 Å². The van der Waals surface area contributed by atoms with Gasteiger partial charge in [-0.25, -0.2) is 14.2 Å². The van der Waals surface area contributed by atoms with Crippen molar-refractivity contribution in [2.75, 3.05) is 14.2 Å². The summed E-state index contributed by atoms with van der Waals surface area (Å²) in [6.45, 7) is 0. The Morgan fingerprint density at radius 3 is 2.14 bits per heavy atom. The Kier molecular flexibility index (Phi) is 4.66. The van der Waals surface area contributed by atoms with Crippen LogP contribution in [0.25, 0.3) is 0 Å². The van der Waals surface area contributed by atoms with Gasteiger partial charge in [0.2, 0.25) is 0 Å². The second-order valence-electron chi connectivity index (χ2n) is 4.16. The van der Waals surface area contributed by atoms with Crippen molar-refractivity contribution >= 4 is 17.4 Å². The topological polar surface area (TPSA) is 47.9 Å². The third-order valence-electron chi connectivity index (χ3n) is 2.81. The lowest BCUT2D eigenvalue weighted by atomic mass is 10.1. The summed E-state index contributed by atoms with van der Waals surface area (Å²) in [6, 6.07) is 12.4. The fourth-order valence-electron chi connectivity index (χ4n) is 1.72. The van der Waals surface area contributed by atoms with Gasteiger partial charge in [-0.05, 0) is 48.5 Å². The predicted octanol–water partition coefficient (Wildman–Crippen LogP) is 3.13. The Hall–Kier alpha value is -2.69. The third-order valence-corrected chi connectivity index (χ3v) is 2.81. The largest absolute Gasteiger partial charge is 0.497 e. The van der Waals surface area contributed by atoms with E-state index in [0.717, 1.165) is 0 Å². The smallest absolute Gasteiger partial charge is 0.357 e. The second kappa shape index (κ2) is 6.65. The summed E-state index contributed by atoms with van der Waals surface area (Å²) in [4.78, 5) is 16.1. The van der Waals surface area contributed by atoms with Gasteiger partial charge in [-0.3, -0.25) is 0 Å². The number of hydrogen-bond acceptors (Lipinski definition) is 4. The summed E-state index contributed by atoms with van der Waals surface area (Å²) in [5.74, 6) is -0.278. The number of halogens is 1. The molecular weight excluding hydrogens is 273 g/mol. The molecule has 0 aliphatic carbocycles. The standard InChI is InChI=1S/C16H14FNO3/c1-20-14-9-7-13(8-10-14)18-15(16(19)21-2)11-3-5-12(17)6-4-11/h3-10H,1-2H3. The van der Waals surface area contributed by atoms with Crippen LogP contribution in [0.15, 0.2) is 53.5 Å². The van der Waals surface area contributed by atoms with Crippen molar-refractivity contribution in [3.63, 3.8) is 0 Å². The van der Waals surface area contributed by atoms with Crippen molar-refractivity contribution in [2.24, 2.45) is 4.99 Å². The van der Waals surface area contributed by atoms with E-state index in [1.807, 2.05) is 0 Å². The van der Waals surface area contributed by atoms with E-state index in [-0.39, 0.29) is 11.5 Å². The number of carbonyl (C=O) groups is 1. The van der Waals surface area contributed by atoms with E-state index >= 15 is 0 Å². The first kappa shape index (κ1) is 14.7. The lowest BCUT2D eigenvalue weighted by molar-refractivity contribution is -0.132. The average molecular weight is 287 g/mol. The summed E-state index contributed by atoms with van der Waals surface area (Å²) in [5.41, 5.74) is 1.17. The normalized spacial score (nSPS) is 11.1. The maximum absolute atomic E-state index is 13.0. The van der Waals surface area contributed by atoms with E-state index in [0.29, 0.717) is 17.0 Å². The van der Waals surface area contributed by atoms with Gasteiger partial charge in [0.15, 0.2) is 5.71 Å². The second-order valence-corrected chi connectivity index (χ2v) is 4.16. The van der Waals surface area contributed by atoms with E-state index in [2.05, 4.69) is 4.99 Å². The number of hydrogen-bond donors (Lipinski definition) is 0. The Morgan fingerprint density at radius 1 is 1.00 bits per heavy atom. The van der Waals surface area contributed by atoms with E-state index in [4.69, 9.17) is 9.47 Å². The summed E-state index contributed by atoms with van der Waals surface area (Å²) in [6.07, 6.45) is 0. The molecule has 21 heavy (non-hydrogen) atoms. The Bertz CT molecular complexity index is 648. The van der Waals surface area contributed by atoms with Gasteiger partial charge in [-0.1, -0.05) is 0 Å². The summed E-state index contributed by atoms with van der Waals surface area (Å²) >= 11 is 0. The molecule has 0 radical (unpaired) electrons. The molecule has 0 aromatic heterocycles. The first-order chi connectivity index (χ1) is 10.1. The molecule has 0 aliphatic rings. The molecule has 2 aromatic carbocycles. The summed E-state index contributed by atoms with van der Waals surface area (Å²) < 4.78 is 22.8. The van der Waals surface area contributed by atoms with E-state index in [1.165, 1.54) is 31.4 Å². The fraction of sp³-hybridized carbons (Fsp3) is 0.125. The quantitative estimate of drug-likeness (QED) is 0.641. The predicted molar refractivity (Wildman–Crippen MR) is 77.6 cm³/mol. The molecule has 4 nitrogen and oxygen atoms in total. The van der Waals surface area contributed by atoms with Crippen LogP contribution in [0.3, 0.4) is 0 Å². The van der Waals surface area contributed by atoms with Crippen LogP contribution >= 0.6 is 0 Å². The number of benzene rings is 2. The van der Waals surface area contributed by atoms with Crippen LogP contribution in [-0.4, -0.2) is 25.9 Å². The van der Waals surface area contributed by atoms with Crippen LogP contribution in [0, 0.1) is 5.82 Å². The van der Waals surface area contributed by atoms with Crippen molar-refractivity contribution in [3.8, 4) is 5.75 Å². The van der Waals surface area contributed by atoms with Crippen molar-refractivity contribution < 1.29 is 18.7 Å². The molecule has 0 unspecified atom stereocenters. The Morgan fingerprint density at radius 2 is 1.62 bits per heavy atom. The molecule has 2 aromatic rings. The molecular formula is C16H14FNO3. The number of rotatable bonds is 4. The number of esters is 1. The maximum atomic E-state index is 13.0. The molecule has 0 fully saturated rings. The highest BCUT2D eigenvalue weighted by atomic mass is 19.1. The van der Waals surface area contributed by atoms with Gasteiger partial charge in [0.1, 0.15) is 11.6 Å². The minimum Gasteiger partial charge on any atom is -0.497 e. The van der Waals surface area contributed by atoms with E-state index < -0.39 is 5.97 Å². The van der Waals surface area contributed by atoms with Gasteiger partial charge in [-0.15, -0.1) is 0 Å². The zero-order valence-corrected chi connectivity index (χ0v) is 11.7. The van der Waals surface area contributed by atoms with E-state index in [1.54, 1.807) is 31.4 Å². The maximum Gasteiger partial charge on any atom is 0.357 e. The average Bonchev–Trinajstić information content (AvgIpc) is 2.53. The van der Waals surface area contributed by atoms with Gasteiger partial charge in [0.25, 0.3) is 0 Å². The number of carbonyl (C=O) groups excluding carboxylic acids is 1. The van der Waals surface area contributed by atoms with Crippen LogP contribution in [0.1, 0.15) is 5.56 Å². The van der Waals surface area contributed by atoms with Gasteiger partial charge in [-0.2, -0.15) is 0 Å². The highest BCUT2D eigenvalue weighted by Crippen LogP contribution is 2.19. The van der Waals surface area contributed by atoms with Crippen LogP contribution in [0.5, 0.6) is 5.75 Å². The van der Waals surface area contributed by atoms with Gasteiger partial charge < -0.3 is 9.47 Å². The number of nitrogens with zero attached hydrogens (tertiary/aromatic N) is 1. The molecule has 2 rings (SSSR count). The molecule has 5 heteroatoms. The van der Waals surface area contributed by atoms with E-state index in [9.17, 15) is 9.18 Å². The third kappa shape index (κ3) is 3.66. The fourth-order valence-corrected chi connectivity index (χ4v) is 1.72. The highest BCUT2D eigenvalue weighted by Gasteiger charge is 2.14. The Balaban J connectivity index is 2.41. The first-order valence-electron chi connectivity index (χ1n) is 6.21. The lowest BCUT2D eigenvalue weighted by Gasteiger charge is -2.05. The first-order valence-corrected chi connectivity index (χ1v) is 6.21. The minimum absolute atomic E-state index is 0.114. The molecule has 0 aliphatic heterocycles. The molecule has 0 saturated heterocycles. The SMILES string of the molecule is COC(=O)C(=Nc1ccc(OC)cc1)c1ccc(F)cc1. The molecule has 0 saturated carbocycles. The van der Waals surface area contributed by atoms with Crippen molar-refractivity contribution in [3.05, 3.63) is 59.9 Å². The molecule has 0 spiro atoms. The Labute approximate surface area is 121 Å². The van der Waals surface area contributed by atoms with Crippen LogP contribution < -0.4 is 4.74 Å². The van der Waals surface area contributed by atoms with Crippen molar-refractivity contribution in [2.45, 2.75) is 0 Å². The number of ether oxygens (including phenoxy) is 2. The molecule has 108 valence electrons. The molecule has 0 atom stereocenters. The van der Waals surface area contributed by atoms with Crippen molar-refractivity contribution in [1.29, 1.82) is 0 Å². The van der Waals surface area contributed by atoms with Gasteiger partial charge in [0, 0.05) is 5.56 Å². The molecule has 0 heterocycles. The van der Waals surface area contributed by atoms with Crippen LogP contribution in [-0.2, 0) is 9.53 Å². The number of aliphatic imine (C=N–C) groups is 1. The van der Waals surface area contributed by atoms with Crippen LogP contribution in [0.2, 0.25) is 0 Å². The molecule has 0 amide bonds. The minimum atomic E-state index is -0.586. The monoisotopic (exact) mass is 287 g/mol.